The summed E-state index contributed by atoms with van der Waals surface area (Å²) in [5.74, 6) is 0. The van der Waals surface area contributed by atoms with Crippen molar-refractivity contribution in [3.63, 3.8) is 0 Å². The Labute approximate surface area is 79.2 Å². The van der Waals surface area contributed by atoms with Crippen LogP contribution in [0.5, 0.6) is 0 Å². The molecule has 0 radical (unpaired) electrons. The third kappa shape index (κ3) is 8.97. The van der Waals surface area contributed by atoms with Crippen molar-refractivity contribution in [3.8, 4) is 0 Å². The Morgan fingerprint density at radius 2 is 1.25 bits per heavy atom. The summed E-state index contributed by atoms with van der Waals surface area (Å²) in [5, 5.41) is 0. The maximum absolute atomic E-state index is 2.41. The minimum Gasteiger partial charge on any atom is 0 e. The molecule has 0 fully saturated rings. The Balaban J connectivity index is 0. The smallest absolute Gasteiger partial charge is 0 e. The Morgan fingerprint density at radius 1 is 1.25 bits per heavy atom. The zero-order valence-corrected chi connectivity index (χ0v) is 12.5. The molecule has 0 aromatic carbocycles. The Bertz CT molecular complexity index is 3.25. The summed E-state index contributed by atoms with van der Waals surface area (Å²) < 4.78 is 0. The molecule has 0 aliphatic carbocycles. The Kier molecular flexibility index (Phi) is 24.5. The van der Waals surface area contributed by atoms with Crippen LogP contribution in [0.25, 0.3) is 0 Å². The van der Waals surface area contributed by atoms with E-state index in [-0.39, 0.29) is 31.1 Å². The van der Waals surface area contributed by atoms with Gasteiger partial charge in [0.2, 0.25) is 0 Å². The molecule has 0 atom stereocenters. The second kappa shape index (κ2) is 9.53. The summed E-state index contributed by atoms with van der Waals surface area (Å²) in [6, 6.07) is 0. The van der Waals surface area contributed by atoms with Crippen LogP contribution in [0.1, 0.15) is 0 Å². The zero-order valence-electron chi connectivity index (χ0n) is 1.66. The van der Waals surface area contributed by atoms with Crippen molar-refractivity contribution in [2.75, 3.05) is 0 Å². The molecule has 0 nitrogen and oxygen atoms in total. The first kappa shape index (κ1) is 10.3. The van der Waals surface area contributed by atoms with Gasteiger partial charge in [0.25, 0.3) is 0 Å². The van der Waals surface area contributed by atoms with Gasteiger partial charge in [-0.25, -0.2) is 0 Å². The van der Waals surface area contributed by atoms with Crippen LogP contribution in [-0.4, -0.2) is 0 Å². The fourth-order valence-corrected chi connectivity index (χ4v) is 0. The molecule has 0 rings (SSSR count). The monoisotopic (exact) mass is 620 g/mol. The van der Waals surface area contributed by atoms with E-state index < -0.39 is 0 Å². The van der Waals surface area contributed by atoms with Crippen molar-refractivity contribution in [1.29, 1.82) is 0 Å². The maximum Gasteiger partial charge on any atom is 0 e. The average molecular weight is 620 g/mol. The van der Waals surface area contributed by atoms with Gasteiger partial charge in [0.05, 0.1) is 0 Å². The average Bonchev–Trinajstić information content (AvgIpc) is 0.918. The Morgan fingerprint density at radius 3 is 1.25 bits per heavy atom. The molecule has 4 heteroatoms. The molecule has 0 N–H and O–H groups in total. The first-order valence-corrected chi connectivity index (χ1v) is 13.9. The molecule has 0 bridgehead atoms. The third-order valence-corrected chi connectivity index (χ3v) is 0. The molecular weight excluding hydrogens is 619 g/mol. The van der Waals surface area contributed by atoms with Crippen molar-refractivity contribution in [1.82, 2.24) is 0 Å². The SMILES string of the molecule is I[IH]I.[U]. The van der Waals surface area contributed by atoms with Crippen molar-refractivity contribution >= 4 is 50.5 Å². The minimum atomic E-state index is 0. The van der Waals surface area contributed by atoms with Crippen LogP contribution < -0.4 is 0 Å². The third-order valence-electron chi connectivity index (χ3n) is 0. The topological polar surface area (TPSA) is 0 Å². The second-order valence-electron chi connectivity index (χ2n) is 0.0583. The first-order valence-electron chi connectivity index (χ1n) is 0.309. The van der Waals surface area contributed by atoms with Gasteiger partial charge in [0.15, 0.2) is 0 Å². The molecular formula is HI3U. The molecule has 4 heavy (non-hydrogen) atoms. The normalized spacial score (nSPS) is 5.50. The van der Waals surface area contributed by atoms with Crippen molar-refractivity contribution in [2.45, 2.75) is 0 Å². The van der Waals surface area contributed by atoms with Gasteiger partial charge in [-0.2, -0.15) is 0 Å². The van der Waals surface area contributed by atoms with Crippen LogP contribution >= 0.6 is 50.5 Å². The van der Waals surface area contributed by atoms with Gasteiger partial charge >= 0.3 is 50.5 Å². The van der Waals surface area contributed by atoms with Crippen molar-refractivity contribution < 1.29 is 31.1 Å². The van der Waals surface area contributed by atoms with Crippen LogP contribution in [-0.2, 0) is 0 Å². The fraction of sp³-hybridized carbons (Fsp3) is 0. The van der Waals surface area contributed by atoms with Gasteiger partial charge in [0, 0.05) is 31.1 Å². The van der Waals surface area contributed by atoms with Crippen LogP contribution in [0.15, 0.2) is 0 Å². The van der Waals surface area contributed by atoms with Gasteiger partial charge in [-0.05, 0) is 0 Å². The van der Waals surface area contributed by atoms with Gasteiger partial charge in [-0.15, -0.1) is 0 Å². The van der Waals surface area contributed by atoms with E-state index >= 15 is 0 Å². The zero-order chi connectivity index (χ0) is 2.71. The summed E-state index contributed by atoms with van der Waals surface area (Å²) in [5.41, 5.74) is 0. The van der Waals surface area contributed by atoms with E-state index in [1.807, 2.05) is 0 Å². The molecule has 0 unspecified atom stereocenters. The second-order valence-corrected chi connectivity index (χ2v) is 17.6. The number of rotatable bonds is 0. The molecule has 0 heterocycles. The predicted molar refractivity (Wildman–Crippen MR) is 43.5 cm³/mol. The van der Waals surface area contributed by atoms with E-state index in [1.54, 1.807) is 0 Å². The quantitative estimate of drug-likeness (QED) is 0.366. The standard InChI is InChI=1S/HI3.U/c1-3-2;/h3H;. The van der Waals surface area contributed by atoms with Crippen molar-refractivity contribution in [3.05, 3.63) is 0 Å². The molecule has 0 aromatic heterocycles. The fourth-order valence-electron chi connectivity index (χ4n) is 0. The van der Waals surface area contributed by atoms with Gasteiger partial charge < -0.3 is 0 Å². The molecule has 0 saturated heterocycles. The largest absolute Gasteiger partial charge is 0 e. The van der Waals surface area contributed by atoms with Crippen LogP contribution in [0, 0.1) is 31.1 Å². The molecule has 26 valence electrons. The summed E-state index contributed by atoms with van der Waals surface area (Å²) in [6.45, 7) is 0. The Hall–Kier alpha value is 3.24. The van der Waals surface area contributed by atoms with E-state index in [4.69, 9.17) is 0 Å². The van der Waals surface area contributed by atoms with Crippen LogP contribution in [0.4, 0.5) is 0 Å². The van der Waals surface area contributed by atoms with E-state index in [0.717, 1.165) is 0 Å². The van der Waals surface area contributed by atoms with Crippen LogP contribution in [0.3, 0.4) is 0 Å². The first-order chi connectivity index (χ1) is 1.41. The maximum atomic E-state index is 2.41. The van der Waals surface area contributed by atoms with E-state index in [2.05, 4.69) is 37.2 Å². The molecule has 0 saturated carbocycles. The molecule has 0 aliphatic rings. The van der Waals surface area contributed by atoms with Gasteiger partial charge in [0.1, 0.15) is 0 Å². The van der Waals surface area contributed by atoms with Crippen molar-refractivity contribution in [2.24, 2.45) is 0 Å². The summed E-state index contributed by atoms with van der Waals surface area (Å²) in [7, 11) is 0. The predicted octanol–water partition coefficient (Wildman–Crippen LogP) is 2.39. The van der Waals surface area contributed by atoms with Gasteiger partial charge in [-0.3, -0.25) is 0 Å². The number of halogens is 3. The van der Waals surface area contributed by atoms with E-state index in [0.29, 0.717) is 13.3 Å². The van der Waals surface area contributed by atoms with E-state index in [9.17, 15) is 0 Å². The summed E-state index contributed by atoms with van der Waals surface area (Å²) in [4.78, 5) is 0. The molecule has 0 spiro atoms. The summed E-state index contributed by atoms with van der Waals surface area (Å²) in [6.07, 6.45) is 0. The molecule has 0 aliphatic heterocycles. The van der Waals surface area contributed by atoms with E-state index in [1.165, 1.54) is 0 Å². The number of hydrogen-bond acceptors (Lipinski definition) is 0. The molecule has 0 aromatic rings. The van der Waals surface area contributed by atoms with Gasteiger partial charge in [-0.1, -0.05) is 0 Å². The minimum absolute atomic E-state index is 0. The summed E-state index contributed by atoms with van der Waals surface area (Å²) >= 11 is 5.22. The van der Waals surface area contributed by atoms with Crippen LogP contribution in [0.2, 0.25) is 0 Å². The number of hydrogen-bond donors (Lipinski definition) is 0. The molecule has 0 amide bonds.